The van der Waals surface area contributed by atoms with Crippen LogP contribution in [0.3, 0.4) is 0 Å². The van der Waals surface area contributed by atoms with Gasteiger partial charge in [-0.3, -0.25) is 0 Å². The third-order valence-electron chi connectivity index (χ3n) is 2.71. The Morgan fingerprint density at radius 2 is 2.10 bits per heavy atom. The predicted octanol–water partition coefficient (Wildman–Crippen LogP) is 1.82. The van der Waals surface area contributed by atoms with Gasteiger partial charge in [0.25, 0.3) is 0 Å². The first-order valence-electron chi connectivity index (χ1n) is 7.03. The highest BCUT2D eigenvalue weighted by Crippen LogP contribution is 2.12. The van der Waals surface area contributed by atoms with Crippen molar-refractivity contribution in [3.63, 3.8) is 0 Å². The molecule has 0 saturated heterocycles. The van der Waals surface area contributed by atoms with Gasteiger partial charge in [0, 0.05) is 12.1 Å². The number of hydrogen-bond acceptors (Lipinski definition) is 5. The molecule has 0 atom stereocenters. The summed E-state index contributed by atoms with van der Waals surface area (Å²) in [6, 6.07) is 9.96. The molecule has 110 valence electrons. The van der Waals surface area contributed by atoms with Crippen molar-refractivity contribution in [3.05, 3.63) is 35.9 Å². The maximum Gasteiger partial charge on any atom is 0.210 e. The number of hydrogen-bond donors (Lipinski definition) is 1. The highest BCUT2D eigenvalue weighted by Gasteiger charge is 2.04. The van der Waals surface area contributed by atoms with Gasteiger partial charge in [-0.1, -0.05) is 48.7 Å². The molecular weight excluding hydrogens is 282 g/mol. The van der Waals surface area contributed by atoms with Gasteiger partial charge in [0.05, 0.1) is 12.3 Å². The van der Waals surface area contributed by atoms with Gasteiger partial charge in [0.2, 0.25) is 5.16 Å². The number of benzene rings is 1. The molecule has 0 unspecified atom stereocenters. The number of nitrogens with one attached hydrogen (secondary N) is 1. The zero-order valence-corrected chi connectivity index (χ0v) is 12.9. The van der Waals surface area contributed by atoms with Crippen LogP contribution in [0.25, 0.3) is 0 Å². The lowest BCUT2D eigenvalue weighted by Crippen LogP contribution is -2.21. The average molecular weight is 301 g/mol. The molecule has 0 radical (unpaired) electrons. The number of thioether (sulfide) groups is 1. The Labute approximate surface area is 129 Å². The normalized spacial score (nSPS) is 10.1. The van der Waals surface area contributed by atoms with Gasteiger partial charge in [0.1, 0.15) is 0 Å². The molecule has 0 aliphatic heterocycles. The zero-order chi connectivity index (χ0) is 14.8. The smallest absolute Gasteiger partial charge is 0.210 e. The maximum absolute atomic E-state index is 4.03. The summed E-state index contributed by atoms with van der Waals surface area (Å²) in [5.74, 6) is 6.94. The second kappa shape index (κ2) is 9.16. The van der Waals surface area contributed by atoms with Crippen LogP contribution >= 0.6 is 11.8 Å². The molecule has 21 heavy (non-hydrogen) atoms. The van der Waals surface area contributed by atoms with Crippen LogP contribution in [0.15, 0.2) is 35.5 Å². The minimum atomic E-state index is 0.678. The minimum Gasteiger partial charge on any atom is -0.315 e. The molecule has 0 spiro atoms. The fourth-order valence-corrected chi connectivity index (χ4v) is 2.33. The summed E-state index contributed by atoms with van der Waals surface area (Å²) in [7, 11) is 0. The fourth-order valence-electron chi connectivity index (χ4n) is 1.69. The molecule has 1 aromatic heterocycles. The van der Waals surface area contributed by atoms with Gasteiger partial charge in [-0.25, -0.2) is 4.68 Å². The molecule has 0 fully saturated rings. The van der Waals surface area contributed by atoms with Gasteiger partial charge >= 0.3 is 0 Å². The Hall–Kier alpha value is -1.84. The Kier molecular flexibility index (Phi) is 6.78. The first kappa shape index (κ1) is 15.5. The van der Waals surface area contributed by atoms with E-state index in [-0.39, 0.29) is 0 Å². The van der Waals surface area contributed by atoms with E-state index in [9.17, 15) is 0 Å². The molecule has 0 saturated carbocycles. The number of aromatic nitrogens is 4. The zero-order valence-electron chi connectivity index (χ0n) is 12.1. The van der Waals surface area contributed by atoms with Crippen LogP contribution in [0, 0.1) is 11.8 Å². The number of rotatable bonds is 7. The van der Waals surface area contributed by atoms with E-state index < -0.39 is 0 Å². The predicted molar refractivity (Wildman–Crippen MR) is 85.0 cm³/mol. The highest BCUT2D eigenvalue weighted by atomic mass is 32.2. The number of nitrogens with zero attached hydrogens (tertiary/aromatic N) is 4. The fraction of sp³-hybridized carbons (Fsp3) is 0.400. The van der Waals surface area contributed by atoms with E-state index >= 15 is 0 Å². The van der Waals surface area contributed by atoms with Crippen molar-refractivity contribution in [3.8, 4) is 11.8 Å². The van der Waals surface area contributed by atoms with E-state index in [0.29, 0.717) is 5.75 Å². The quantitative estimate of drug-likeness (QED) is 0.480. The standard InChI is InChI=1S/C15H19N5S/c1-2-10-16-11-12-20-15(17-18-19-20)21-13-6-9-14-7-4-3-5-8-14/h3-5,7-8,16H,2,10-13H2,1H3. The van der Waals surface area contributed by atoms with Crippen LogP contribution in [0.2, 0.25) is 0 Å². The first-order chi connectivity index (χ1) is 10.4. The van der Waals surface area contributed by atoms with E-state index in [4.69, 9.17) is 0 Å². The van der Waals surface area contributed by atoms with Crippen molar-refractivity contribution in [1.82, 2.24) is 25.5 Å². The second-order valence-electron chi connectivity index (χ2n) is 4.39. The summed E-state index contributed by atoms with van der Waals surface area (Å²) in [5.41, 5.74) is 1.03. The molecule has 0 bridgehead atoms. The lowest BCUT2D eigenvalue weighted by atomic mass is 10.2. The topological polar surface area (TPSA) is 55.6 Å². The van der Waals surface area contributed by atoms with Crippen LogP contribution in [0.1, 0.15) is 18.9 Å². The Bertz CT molecular complexity index is 585. The van der Waals surface area contributed by atoms with Gasteiger partial charge in [0.15, 0.2) is 0 Å². The summed E-state index contributed by atoms with van der Waals surface area (Å²) >= 11 is 1.56. The van der Waals surface area contributed by atoms with Gasteiger partial charge < -0.3 is 5.32 Å². The second-order valence-corrected chi connectivity index (χ2v) is 5.33. The maximum atomic E-state index is 4.03. The molecule has 0 aliphatic carbocycles. The third kappa shape index (κ3) is 5.58. The van der Waals surface area contributed by atoms with Crippen molar-refractivity contribution < 1.29 is 0 Å². The summed E-state index contributed by atoms with van der Waals surface area (Å²) < 4.78 is 1.82. The lowest BCUT2D eigenvalue weighted by molar-refractivity contribution is 0.511. The average Bonchev–Trinajstić information content (AvgIpc) is 2.97. The SMILES string of the molecule is CCCNCCn1nnnc1SCC#Cc1ccccc1. The first-order valence-corrected chi connectivity index (χ1v) is 8.02. The molecule has 0 amide bonds. The summed E-state index contributed by atoms with van der Waals surface area (Å²) in [6.45, 7) is 4.83. The van der Waals surface area contributed by atoms with E-state index in [1.807, 2.05) is 35.0 Å². The van der Waals surface area contributed by atoms with Crippen LogP contribution in [-0.4, -0.2) is 39.0 Å². The van der Waals surface area contributed by atoms with Crippen LogP contribution in [0.5, 0.6) is 0 Å². The summed E-state index contributed by atoms with van der Waals surface area (Å²) in [5, 5.41) is 15.9. The monoisotopic (exact) mass is 301 g/mol. The molecule has 6 heteroatoms. The van der Waals surface area contributed by atoms with Gasteiger partial charge in [-0.2, -0.15) is 0 Å². The molecule has 2 aromatic rings. The number of tetrazole rings is 1. The van der Waals surface area contributed by atoms with Crippen molar-refractivity contribution >= 4 is 11.8 Å². The van der Waals surface area contributed by atoms with E-state index in [1.54, 1.807) is 11.8 Å². The van der Waals surface area contributed by atoms with Gasteiger partial charge in [-0.15, -0.1) is 5.10 Å². The molecule has 5 nitrogen and oxygen atoms in total. The summed E-state index contributed by atoms with van der Waals surface area (Å²) in [6.07, 6.45) is 1.13. The Morgan fingerprint density at radius 1 is 1.24 bits per heavy atom. The van der Waals surface area contributed by atoms with E-state index in [2.05, 4.69) is 39.6 Å². The molecule has 1 heterocycles. The van der Waals surface area contributed by atoms with E-state index in [1.165, 1.54) is 0 Å². The molecule has 2 rings (SSSR count). The Morgan fingerprint density at radius 3 is 2.90 bits per heavy atom. The van der Waals surface area contributed by atoms with Crippen molar-refractivity contribution in [2.45, 2.75) is 25.0 Å². The summed E-state index contributed by atoms with van der Waals surface area (Å²) in [4.78, 5) is 0. The van der Waals surface area contributed by atoms with Crippen LogP contribution in [-0.2, 0) is 6.54 Å². The van der Waals surface area contributed by atoms with Crippen molar-refractivity contribution in [2.75, 3.05) is 18.8 Å². The molecule has 0 aliphatic rings. The van der Waals surface area contributed by atoms with Crippen LogP contribution < -0.4 is 5.32 Å². The molecular formula is C15H19N5S. The van der Waals surface area contributed by atoms with Crippen molar-refractivity contribution in [1.29, 1.82) is 0 Å². The third-order valence-corrected chi connectivity index (χ3v) is 3.55. The van der Waals surface area contributed by atoms with E-state index in [0.717, 1.165) is 36.8 Å². The largest absolute Gasteiger partial charge is 0.315 e. The van der Waals surface area contributed by atoms with Crippen molar-refractivity contribution in [2.24, 2.45) is 0 Å². The van der Waals surface area contributed by atoms with Gasteiger partial charge in [-0.05, 0) is 35.5 Å². The Balaban J connectivity index is 1.79. The van der Waals surface area contributed by atoms with Crippen LogP contribution in [0.4, 0.5) is 0 Å². The highest BCUT2D eigenvalue weighted by molar-refractivity contribution is 7.99. The lowest BCUT2D eigenvalue weighted by Gasteiger charge is -2.04. The molecule has 1 aromatic carbocycles. The minimum absolute atomic E-state index is 0.678. The molecule has 1 N–H and O–H groups in total.